The monoisotopic (exact) mass is 680 g/mol. The Bertz CT molecular complexity index is 2090. The second-order valence-corrected chi connectivity index (χ2v) is 13.2. The molecule has 2 aliphatic rings. The molecular formula is C37H44N8O5. The first-order valence-corrected chi connectivity index (χ1v) is 17.2. The van der Waals surface area contributed by atoms with E-state index in [1.165, 1.54) is 0 Å². The minimum atomic E-state index is -0.370. The first-order chi connectivity index (χ1) is 24.2. The maximum Gasteiger partial charge on any atom is 0.257 e. The number of imidazole rings is 1. The summed E-state index contributed by atoms with van der Waals surface area (Å²) in [5.74, 6) is 1.47. The van der Waals surface area contributed by atoms with Crippen molar-refractivity contribution < 1.29 is 23.8 Å². The number of likely N-dealkylation sites (tertiary alicyclic amines) is 1. The third kappa shape index (κ3) is 5.94. The number of piperidine rings is 1. The molecule has 4 aromatic heterocycles. The van der Waals surface area contributed by atoms with E-state index in [1.54, 1.807) is 44.6 Å². The number of methoxy groups -OCH3 is 3. The van der Waals surface area contributed by atoms with Gasteiger partial charge in [0.25, 0.3) is 11.8 Å². The van der Waals surface area contributed by atoms with Crippen molar-refractivity contribution in [1.82, 2.24) is 34.3 Å². The fraction of sp³-hybridized carbons (Fsp3) is 0.432. The Morgan fingerprint density at radius 2 is 1.82 bits per heavy atom. The molecule has 13 nitrogen and oxygen atoms in total. The van der Waals surface area contributed by atoms with Gasteiger partial charge in [-0.25, -0.2) is 9.97 Å². The lowest BCUT2D eigenvalue weighted by atomic mass is 10.0. The number of nitrogens with one attached hydrogen (secondary N) is 1. The molecule has 6 heterocycles. The van der Waals surface area contributed by atoms with Crippen LogP contribution in [0.2, 0.25) is 0 Å². The van der Waals surface area contributed by atoms with E-state index in [1.807, 2.05) is 36.7 Å². The first-order valence-electron chi connectivity index (χ1n) is 17.2. The summed E-state index contributed by atoms with van der Waals surface area (Å²) in [5.41, 5.74) is 11.9. The fourth-order valence-electron chi connectivity index (χ4n) is 7.40. The topological polar surface area (TPSA) is 152 Å². The zero-order valence-electron chi connectivity index (χ0n) is 29.2. The van der Waals surface area contributed by atoms with Gasteiger partial charge in [-0.3, -0.25) is 14.6 Å². The van der Waals surface area contributed by atoms with Gasteiger partial charge in [0, 0.05) is 57.0 Å². The van der Waals surface area contributed by atoms with E-state index in [4.69, 9.17) is 29.9 Å². The van der Waals surface area contributed by atoms with Gasteiger partial charge in [-0.2, -0.15) is 0 Å². The average Bonchev–Trinajstić information content (AvgIpc) is 3.66. The van der Waals surface area contributed by atoms with Crippen molar-refractivity contribution in [1.29, 1.82) is 0 Å². The number of ether oxygens (including phenoxy) is 3. The number of fused-ring (bicyclic) bond motifs is 3. The lowest BCUT2D eigenvalue weighted by Gasteiger charge is -2.36. The molecule has 13 heteroatoms. The molecule has 5 aromatic rings. The molecule has 1 saturated heterocycles. The molecule has 0 spiro atoms. The van der Waals surface area contributed by atoms with Crippen LogP contribution in [0, 0.1) is 0 Å². The number of carbonyl (C=O) groups is 2. The molecule has 1 fully saturated rings. The molecule has 0 unspecified atom stereocenters. The van der Waals surface area contributed by atoms with E-state index >= 15 is 0 Å². The van der Waals surface area contributed by atoms with Crippen molar-refractivity contribution in [3.05, 3.63) is 65.1 Å². The summed E-state index contributed by atoms with van der Waals surface area (Å²) in [7, 11) is 6.80. The molecule has 2 aliphatic heterocycles. The summed E-state index contributed by atoms with van der Waals surface area (Å²) in [6.45, 7) is 3.63. The van der Waals surface area contributed by atoms with Crippen molar-refractivity contribution in [3.8, 4) is 23.0 Å². The van der Waals surface area contributed by atoms with Crippen LogP contribution in [0.3, 0.4) is 0 Å². The van der Waals surface area contributed by atoms with Gasteiger partial charge in [-0.1, -0.05) is 6.42 Å². The minimum absolute atomic E-state index is 0.0664. The largest absolute Gasteiger partial charge is 0.496 e. The van der Waals surface area contributed by atoms with Crippen LogP contribution >= 0.6 is 0 Å². The lowest BCUT2D eigenvalue weighted by Crippen LogP contribution is -2.53. The first kappa shape index (κ1) is 33.5. The molecule has 2 bridgehead atoms. The van der Waals surface area contributed by atoms with Crippen LogP contribution in [0.5, 0.6) is 11.5 Å². The summed E-state index contributed by atoms with van der Waals surface area (Å²) in [5, 5.41) is 4.09. The number of benzene rings is 1. The highest BCUT2D eigenvalue weighted by atomic mass is 16.5. The molecule has 0 aliphatic carbocycles. The number of hydrogen-bond donors (Lipinski definition) is 2. The van der Waals surface area contributed by atoms with Crippen LogP contribution < -0.4 is 20.5 Å². The average molecular weight is 681 g/mol. The Kier molecular flexibility index (Phi) is 9.19. The summed E-state index contributed by atoms with van der Waals surface area (Å²) < 4.78 is 21.1. The smallest absolute Gasteiger partial charge is 0.257 e. The second kappa shape index (κ2) is 13.7. The fourth-order valence-corrected chi connectivity index (χ4v) is 7.40. The predicted molar refractivity (Wildman–Crippen MR) is 190 cm³/mol. The van der Waals surface area contributed by atoms with Gasteiger partial charge in [0.05, 0.1) is 49.0 Å². The van der Waals surface area contributed by atoms with Gasteiger partial charge in [0.1, 0.15) is 28.2 Å². The molecular weight excluding hydrogens is 636 g/mol. The Morgan fingerprint density at radius 1 is 1.00 bits per heavy atom. The summed E-state index contributed by atoms with van der Waals surface area (Å²) in [4.78, 5) is 43.8. The van der Waals surface area contributed by atoms with E-state index in [0.717, 1.165) is 65.3 Å². The second-order valence-electron chi connectivity index (χ2n) is 13.2. The molecule has 3 N–H and O–H groups in total. The molecule has 1 aromatic carbocycles. The molecule has 3 atom stereocenters. The van der Waals surface area contributed by atoms with Gasteiger partial charge in [-0.15, -0.1) is 0 Å². The highest BCUT2D eigenvalue weighted by Crippen LogP contribution is 2.35. The zero-order chi connectivity index (χ0) is 35.1. The maximum atomic E-state index is 13.7. The van der Waals surface area contributed by atoms with Crippen LogP contribution in [-0.4, -0.2) is 87.4 Å². The number of carbonyl (C=O) groups excluding carboxylic acids is 2. The Hall–Kier alpha value is -5.01. The van der Waals surface area contributed by atoms with Crippen molar-refractivity contribution in [3.63, 3.8) is 0 Å². The maximum absolute atomic E-state index is 13.7. The molecule has 50 heavy (non-hydrogen) atoms. The van der Waals surface area contributed by atoms with Crippen LogP contribution in [0.25, 0.3) is 33.6 Å². The Morgan fingerprint density at radius 3 is 2.58 bits per heavy atom. The van der Waals surface area contributed by atoms with E-state index in [2.05, 4.69) is 20.9 Å². The van der Waals surface area contributed by atoms with E-state index in [0.29, 0.717) is 54.1 Å². The predicted octanol–water partition coefficient (Wildman–Crippen LogP) is 4.41. The van der Waals surface area contributed by atoms with Crippen molar-refractivity contribution in [2.45, 2.75) is 63.8 Å². The van der Waals surface area contributed by atoms with Gasteiger partial charge >= 0.3 is 0 Å². The summed E-state index contributed by atoms with van der Waals surface area (Å²) in [6, 6.07) is 10.8. The zero-order valence-corrected chi connectivity index (χ0v) is 29.2. The highest BCUT2D eigenvalue weighted by Gasteiger charge is 2.31. The van der Waals surface area contributed by atoms with Crippen molar-refractivity contribution in [2.24, 2.45) is 12.8 Å². The van der Waals surface area contributed by atoms with E-state index in [9.17, 15) is 9.59 Å². The number of hydrogen-bond acceptors (Lipinski definition) is 9. The standard InChI is InChI=1S/C37H44N8O5/c1-21-25-11-10-22-18-28(45(34(22)41-25)15-8-6-7-9-26-32(36(46)40-21)30(49-4)12-14-39-26)35-42-27-17-23(19-31(50-5)33(27)43(35)2)37(47)44-16-13-29(48-3)24(38)20-44/h10-12,14,17-19,21,24,29H,6-9,13,15-16,20,38H2,1-5H3,(H,40,46)/t21-,24+,29-/m1/s1. The summed E-state index contributed by atoms with van der Waals surface area (Å²) in [6.07, 6.45) is 5.63. The minimum Gasteiger partial charge on any atom is -0.496 e. The third-order valence-electron chi connectivity index (χ3n) is 10.1. The SMILES string of the molecule is COc1ccnc2c1C(=O)N[C@H](C)c1ccc3cc(-c4nc5cc(C(=O)N6CC[C@@H](OC)[C@@H](N)C6)cc(OC)c5n4C)n(c3n1)CCCCC2. The molecule has 0 radical (unpaired) electrons. The Balaban J connectivity index is 1.27. The van der Waals surface area contributed by atoms with E-state index in [-0.39, 0.29) is 30.0 Å². The van der Waals surface area contributed by atoms with Crippen LogP contribution in [0.4, 0.5) is 0 Å². The number of amides is 2. The van der Waals surface area contributed by atoms with E-state index < -0.39 is 0 Å². The Labute approximate surface area is 290 Å². The van der Waals surface area contributed by atoms with Crippen LogP contribution in [0.1, 0.15) is 70.8 Å². The van der Waals surface area contributed by atoms with Crippen LogP contribution in [-0.2, 0) is 24.8 Å². The quantitative estimate of drug-likeness (QED) is 0.275. The van der Waals surface area contributed by atoms with Crippen molar-refractivity contribution in [2.75, 3.05) is 34.4 Å². The molecule has 0 saturated carbocycles. The van der Waals surface area contributed by atoms with Crippen LogP contribution in [0.15, 0.2) is 42.6 Å². The van der Waals surface area contributed by atoms with Gasteiger partial charge < -0.3 is 39.3 Å². The molecule has 7 rings (SSSR count). The number of pyridine rings is 2. The number of nitrogens with two attached hydrogens (primary N) is 1. The summed E-state index contributed by atoms with van der Waals surface area (Å²) >= 11 is 0. The van der Waals surface area contributed by atoms with Gasteiger partial charge in [0.15, 0.2) is 5.82 Å². The molecule has 2 amide bonds. The highest BCUT2D eigenvalue weighted by molar-refractivity contribution is 6.00. The third-order valence-corrected chi connectivity index (χ3v) is 10.1. The number of aryl methyl sites for hydroxylation is 3. The van der Waals surface area contributed by atoms with Gasteiger partial charge in [-0.05, 0) is 69.0 Å². The normalized spacial score (nSPS) is 20.1. The number of rotatable bonds is 5. The lowest BCUT2D eigenvalue weighted by molar-refractivity contribution is 0.0227. The molecule has 262 valence electrons. The van der Waals surface area contributed by atoms with Gasteiger partial charge in [0.2, 0.25) is 0 Å². The number of aromatic nitrogens is 5. The number of nitrogens with zero attached hydrogens (tertiary/aromatic N) is 6. The van der Waals surface area contributed by atoms with Crippen molar-refractivity contribution >= 4 is 33.9 Å².